The van der Waals surface area contributed by atoms with E-state index in [1.54, 1.807) is 18.6 Å². The molecule has 88 valence electrons. The highest BCUT2D eigenvalue weighted by Gasteiger charge is 2.09. The molecule has 1 N–H and O–H groups in total. The zero-order valence-corrected chi connectivity index (χ0v) is 9.24. The first kappa shape index (κ1) is 11.2. The van der Waals surface area contributed by atoms with E-state index in [-0.39, 0.29) is 6.42 Å². The van der Waals surface area contributed by atoms with E-state index in [1.165, 1.54) is 4.68 Å². The van der Waals surface area contributed by atoms with Crippen LogP contribution in [0.25, 0.3) is 11.4 Å². The highest BCUT2D eigenvalue weighted by Crippen LogP contribution is 2.15. The van der Waals surface area contributed by atoms with Crippen LogP contribution < -0.4 is 0 Å². The maximum absolute atomic E-state index is 10.4. The summed E-state index contributed by atoms with van der Waals surface area (Å²) in [6.45, 7) is 2.13. The lowest BCUT2D eigenvalue weighted by molar-refractivity contribution is -0.137. The summed E-state index contributed by atoms with van der Waals surface area (Å²) >= 11 is 0. The van der Waals surface area contributed by atoms with E-state index in [1.807, 2.05) is 6.92 Å². The molecule has 2 heterocycles. The second-order valence-electron chi connectivity index (χ2n) is 3.50. The van der Waals surface area contributed by atoms with Gasteiger partial charge in [0.05, 0.1) is 24.9 Å². The molecule has 0 aliphatic heterocycles. The summed E-state index contributed by atoms with van der Waals surface area (Å²) in [6, 6.07) is 0. The SMILES string of the molecule is Cc1nccnc1-c1cn(CCC(=O)O)nn1. The Morgan fingerprint density at radius 3 is 2.88 bits per heavy atom. The molecule has 2 rings (SSSR count). The van der Waals surface area contributed by atoms with Crippen molar-refractivity contribution in [2.75, 3.05) is 0 Å². The van der Waals surface area contributed by atoms with E-state index >= 15 is 0 Å². The largest absolute Gasteiger partial charge is 0.481 e. The maximum Gasteiger partial charge on any atom is 0.305 e. The lowest BCUT2D eigenvalue weighted by Crippen LogP contribution is -2.04. The third kappa shape index (κ3) is 2.63. The number of aryl methyl sites for hydroxylation is 2. The van der Waals surface area contributed by atoms with Gasteiger partial charge in [-0.3, -0.25) is 19.4 Å². The topological polar surface area (TPSA) is 93.8 Å². The van der Waals surface area contributed by atoms with E-state index in [0.717, 1.165) is 5.69 Å². The Hall–Kier alpha value is -2.31. The van der Waals surface area contributed by atoms with Gasteiger partial charge in [-0.15, -0.1) is 5.10 Å². The molecule has 0 radical (unpaired) electrons. The normalized spacial score (nSPS) is 10.4. The third-order valence-electron chi connectivity index (χ3n) is 2.22. The standard InChI is InChI=1S/C10H11N5O2/c1-7-10(12-4-3-11-7)8-6-15(14-13-8)5-2-9(16)17/h3-4,6H,2,5H2,1H3,(H,16,17). The van der Waals surface area contributed by atoms with Crippen molar-refractivity contribution in [2.45, 2.75) is 19.9 Å². The predicted octanol–water partition coefficient (Wildman–Crippen LogP) is 0.518. The van der Waals surface area contributed by atoms with Gasteiger partial charge in [0.1, 0.15) is 11.4 Å². The molecule has 17 heavy (non-hydrogen) atoms. The second kappa shape index (κ2) is 4.69. The van der Waals surface area contributed by atoms with E-state index in [4.69, 9.17) is 5.11 Å². The second-order valence-corrected chi connectivity index (χ2v) is 3.50. The first-order valence-electron chi connectivity index (χ1n) is 5.06. The average molecular weight is 233 g/mol. The number of carbonyl (C=O) groups is 1. The van der Waals surface area contributed by atoms with Crippen LogP contribution in [-0.2, 0) is 11.3 Å². The monoisotopic (exact) mass is 233 g/mol. The van der Waals surface area contributed by atoms with Crippen LogP contribution in [0.3, 0.4) is 0 Å². The molecule has 0 bridgehead atoms. The Morgan fingerprint density at radius 2 is 2.18 bits per heavy atom. The van der Waals surface area contributed by atoms with Crippen molar-refractivity contribution < 1.29 is 9.90 Å². The van der Waals surface area contributed by atoms with Gasteiger partial charge in [0.25, 0.3) is 0 Å². The molecule has 0 fully saturated rings. The van der Waals surface area contributed by atoms with Crippen molar-refractivity contribution in [1.82, 2.24) is 25.0 Å². The van der Waals surface area contributed by atoms with Gasteiger partial charge in [-0.25, -0.2) is 0 Å². The summed E-state index contributed by atoms with van der Waals surface area (Å²) in [4.78, 5) is 18.7. The maximum atomic E-state index is 10.4. The zero-order valence-electron chi connectivity index (χ0n) is 9.24. The van der Waals surface area contributed by atoms with E-state index in [9.17, 15) is 4.79 Å². The molecule has 2 aromatic rings. The van der Waals surface area contributed by atoms with Gasteiger partial charge in [0.2, 0.25) is 0 Å². The van der Waals surface area contributed by atoms with Crippen LogP contribution in [0, 0.1) is 6.92 Å². The van der Waals surface area contributed by atoms with Crippen LogP contribution in [0.15, 0.2) is 18.6 Å². The van der Waals surface area contributed by atoms with Crippen LogP contribution >= 0.6 is 0 Å². The fourth-order valence-corrected chi connectivity index (χ4v) is 1.39. The molecule has 0 atom stereocenters. The van der Waals surface area contributed by atoms with Crippen LogP contribution in [0.4, 0.5) is 0 Å². The molecule has 0 spiro atoms. The molecule has 0 saturated carbocycles. The molecule has 2 aromatic heterocycles. The number of nitrogens with zero attached hydrogens (tertiary/aromatic N) is 5. The number of rotatable bonds is 4. The minimum Gasteiger partial charge on any atom is -0.481 e. The number of aliphatic carboxylic acids is 1. The lowest BCUT2D eigenvalue weighted by Gasteiger charge is -1.97. The van der Waals surface area contributed by atoms with Crippen molar-refractivity contribution in [3.8, 4) is 11.4 Å². The summed E-state index contributed by atoms with van der Waals surface area (Å²) in [6.07, 6.45) is 4.87. The van der Waals surface area contributed by atoms with Crippen molar-refractivity contribution in [3.05, 3.63) is 24.3 Å². The quantitative estimate of drug-likeness (QED) is 0.827. The molecular weight excluding hydrogens is 222 g/mol. The average Bonchev–Trinajstić information content (AvgIpc) is 2.75. The number of hydrogen-bond acceptors (Lipinski definition) is 5. The van der Waals surface area contributed by atoms with E-state index < -0.39 is 5.97 Å². The fourth-order valence-electron chi connectivity index (χ4n) is 1.39. The van der Waals surface area contributed by atoms with Crippen molar-refractivity contribution >= 4 is 5.97 Å². The molecular formula is C10H11N5O2. The highest BCUT2D eigenvalue weighted by molar-refractivity contribution is 5.66. The highest BCUT2D eigenvalue weighted by atomic mass is 16.4. The first-order valence-corrected chi connectivity index (χ1v) is 5.06. The molecule has 0 aliphatic carbocycles. The van der Waals surface area contributed by atoms with Gasteiger partial charge in [0, 0.05) is 12.4 Å². The summed E-state index contributed by atoms with van der Waals surface area (Å²) in [5.41, 5.74) is 2.02. The third-order valence-corrected chi connectivity index (χ3v) is 2.22. The molecule has 0 aliphatic rings. The summed E-state index contributed by atoms with van der Waals surface area (Å²) < 4.78 is 1.48. The number of hydrogen-bond donors (Lipinski definition) is 1. The van der Waals surface area contributed by atoms with Gasteiger partial charge in [0.15, 0.2) is 0 Å². The van der Waals surface area contributed by atoms with Crippen molar-refractivity contribution in [1.29, 1.82) is 0 Å². The van der Waals surface area contributed by atoms with Crippen LogP contribution in [0.5, 0.6) is 0 Å². The minimum absolute atomic E-state index is 0.0161. The van der Waals surface area contributed by atoms with E-state index in [2.05, 4.69) is 20.3 Å². The van der Waals surface area contributed by atoms with Crippen LogP contribution in [-0.4, -0.2) is 36.0 Å². The van der Waals surface area contributed by atoms with E-state index in [0.29, 0.717) is 17.9 Å². The Morgan fingerprint density at radius 1 is 1.41 bits per heavy atom. The number of carboxylic acids is 1. The van der Waals surface area contributed by atoms with Crippen molar-refractivity contribution in [3.63, 3.8) is 0 Å². The van der Waals surface area contributed by atoms with Gasteiger partial charge in [-0.1, -0.05) is 5.21 Å². The Kier molecular flexibility index (Phi) is 3.08. The molecule has 7 heteroatoms. The molecule has 0 aromatic carbocycles. The zero-order chi connectivity index (χ0) is 12.3. The van der Waals surface area contributed by atoms with Crippen LogP contribution in [0.2, 0.25) is 0 Å². The van der Waals surface area contributed by atoms with Gasteiger partial charge in [-0.2, -0.15) is 0 Å². The summed E-state index contributed by atoms with van der Waals surface area (Å²) in [7, 11) is 0. The molecule has 0 amide bonds. The van der Waals surface area contributed by atoms with Gasteiger partial charge in [-0.05, 0) is 6.92 Å². The molecule has 7 nitrogen and oxygen atoms in total. The van der Waals surface area contributed by atoms with Gasteiger partial charge >= 0.3 is 5.97 Å². The van der Waals surface area contributed by atoms with Crippen molar-refractivity contribution in [2.24, 2.45) is 0 Å². The lowest BCUT2D eigenvalue weighted by atomic mass is 10.2. The van der Waals surface area contributed by atoms with Crippen LogP contribution in [0.1, 0.15) is 12.1 Å². The first-order chi connectivity index (χ1) is 8.16. The fraction of sp³-hybridized carbons (Fsp3) is 0.300. The Balaban J connectivity index is 2.18. The number of aromatic nitrogens is 5. The van der Waals surface area contributed by atoms with Gasteiger partial charge < -0.3 is 5.11 Å². The predicted molar refractivity (Wildman–Crippen MR) is 58.0 cm³/mol. The Labute approximate surface area is 97.1 Å². The molecule has 0 unspecified atom stereocenters. The molecule has 0 saturated heterocycles. The minimum atomic E-state index is -0.863. The Bertz CT molecular complexity index is 537. The smallest absolute Gasteiger partial charge is 0.305 e. The summed E-state index contributed by atoms with van der Waals surface area (Å²) in [5, 5.41) is 16.3. The summed E-state index contributed by atoms with van der Waals surface area (Å²) in [5.74, 6) is -0.863. The number of carboxylic acid groups (broad SMARTS) is 1.